The van der Waals surface area contributed by atoms with Gasteiger partial charge in [-0.2, -0.15) is 11.8 Å². The Morgan fingerprint density at radius 3 is 2.67 bits per heavy atom. The lowest BCUT2D eigenvalue weighted by molar-refractivity contribution is -0.0962. The van der Waals surface area contributed by atoms with E-state index in [9.17, 15) is 9.18 Å². The summed E-state index contributed by atoms with van der Waals surface area (Å²) in [7, 11) is 0. The lowest BCUT2D eigenvalue weighted by atomic mass is 9.60. The number of likely N-dealkylation sites (tertiary alicyclic amines) is 1. The van der Waals surface area contributed by atoms with Crippen molar-refractivity contribution in [1.82, 2.24) is 4.90 Å². The Kier molecular flexibility index (Phi) is 8.37. The van der Waals surface area contributed by atoms with E-state index in [1.807, 2.05) is 56.8 Å². The Bertz CT molecular complexity index is 1190. The average molecular weight is 580 g/mol. The fourth-order valence-corrected chi connectivity index (χ4v) is 7.59. The predicted molar refractivity (Wildman–Crippen MR) is 150 cm³/mol. The molecule has 2 fully saturated rings. The van der Waals surface area contributed by atoms with Crippen LogP contribution in [0.15, 0.2) is 36.4 Å². The van der Waals surface area contributed by atoms with Gasteiger partial charge in [0.15, 0.2) is 11.6 Å². The van der Waals surface area contributed by atoms with Gasteiger partial charge in [-0.25, -0.2) is 13.6 Å². The molecule has 5 rings (SSSR count). The summed E-state index contributed by atoms with van der Waals surface area (Å²) in [4.78, 5) is 14.2. The second kappa shape index (κ2) is 11.5. The number of benzene rings is 2. The van der Waals surface area contributed by atoms with Gasteiger partial charge in [0.2, 0.25) is 0 Å². The second-order valence-corrected chi connectivity index (χ2v) is 13.6. The van der Waals surface area contributed by atoms with E-state index >= 15 is 4.39 Å². The van der Waals surface area contributed by atoms with Crippen LogP contribution in [0.4, 0.5) is 13.6 Å². The van der Waals surface area contributed by atoms with E-state index < -0.39 is 22.7 Å². The Morgan fingerprint density at radius 1 is 1.18 bits per heavy atom. The van der Waals surface area contributed by atoms with Crippen LogP contribution in [0.5, 0.6) is 5.75 Å². The number of amides is 1. The molecular weight excluding hydrogens is 544 g/mol. The molecule has 212 valence electrons. The second-order valence-electron chi connectivity index (χ2n) is 11.8. The highest BCUT2D eigenvalue weighted by Gasteiger charge is 2.53. The van der Waals surface area contributed by atoms with Crippen molar-refractivity contribution in [3.8, 4) is 5.75 Å². The molecule has 0 aromatic heterocycles. The molecule has 0 bridgehead atoms. The van der Waals surface area contributed by atoms with Gasteiger partial charge in [0.25, 0.3) is 0 Å². The first-order chi connectivity index (χ1) is 18.6. The zero-order valence-electron chi connectivity index (χ0n) is 22.7. The van der Waals surface area contributed by atoms with E-state index in [1.54, 1.807) is 4.90 Å². The molecule has 0 unspecified atom stereocenters. The molecule has 3 aliphatic heterocycles. The van der Waals surface area contributed by atoms with Crippen LogP contribution in [0.25, 0.3) is 0 Å². The van der Waals surface area contributed by atoms with Gasteiger partial charge >= 0.3 is 6.09 Å². The molecule has 0 saturated carbocycles. The van der Waals surface area contributed by atoms with Crippen molar-refractivity contribution in [2.24, 2.45) is 5.92 Å². The highest BCUT2D eigenvalue weighted by atomic mass is 35.5. The number of rotatable bonds is 6. The van der Waals surface area contributed by atoms with Crippen LogP contribution in [0, 0.1) is 17.6 Å². The molecule has 2 saturated heterocycles. The monoisotopic (exact) mass is 579 g/mol. The number of thioether (sulfide) groups is 1. The molecule has 0 N–H and O–H groups in total. The van der Waals surface area contributed by atoms with E-state index in [0.717, 1.165) is 30.2 Å². The fourth-order valence-electron chi connectivity index (χ4n) is 6.20. The maximum absolute atomic E-state index is 15.5. The maximum atomic E-state index is 15.5. The van der Waals surface area contributed by atoms with Crippen LogP contribution >= 0.6 is 23.4 Å². The molecule has 2 aromatic rings. The van der Waals surface area contributed by atoms with E-state index in [-0.39, 0.29) is 30.5 Å². The molecular formula is C30H36ClF2NO4S. The zero-order chi connectivity index (χ0) is 27.8. The van der Waals surface area contributed by atoms with Gasteiger partial charge in [0.05, 0.1) is 12.7 Å². The Hall–Kier alpha value is -2.03. The minimum absolute atomic E-state index is 0.0310. The first kappa shape index (κ1) is 28.5. The molecule has 0 spiro atoms. The molecule has 4 atom stereocenters. The summed E-state index contributed by atoms with van der Waals surface area (Å²) < 4.78 is 48.0. The molecule has 9 heteroatoms. The standard InChI is InChI=1S/C30H36ClF2NO4S/c1-29(2,3)38-28(35)34-13-10-21(17-34)39-15-11-25-22-18-37-27-24(33)9-8-23(32)26(27)30(22,12-14-36-25)16-19-4-6-20(31)7-5-19/h4-9,21-22,25H,10-18H2,1-3H3/t21-,22+,25+,30+/m1/s1. The van der Waals surface area contributed by atoms with Crippen molar-refractivity contribution in [2.45, 2.75) is 68.8 Å². The van der Waals surface area contributed by atoms with Gasteiger partial charge in [-0.05, 0) is 82.0 Å². The van der Waals surface area contributed by atoms with Crippen molar-refractivity contribution in [3.05, 3.63) is 64.2 Å². The van der Waals surface area contributed by atoms with Crippen molar-refractivity contribution in [3.63, 3.8) is 0 Å². The fraction of sp³-hybridized carbons (Fsp3) is 0.567. The van der Waals surface area contributed by atoms with E-state index in [1.165, 1.54) is 6.07 Å². The molecule has 1 amide bonds. The smallest absolute Gasteiger partial charge is 0.410 e. The largest absolute Gasteiger partial charge is 0.490 e. The predicted octanol–water partition coefficient (Wildman–Crippen LogP) is 7.03. The summed E-state index contributed by atoms with van der Waals surface area (Å²) >= 11 is 7.96. The van der Waals surface area contributed by atoms with E-state index in [4.69, 9.17) is 25.8 Å². The lowest BCUT2D eigenvalue weighted by Gasteiger charge is -2.51. The molecule has 5 nitrogen and oxygen atoms in total. The van der Waals surface area contributed by atoms with Crippen molar-refractivity contribution < 1.29 is 27.8 Å². The highest BCUT2D eigenvalue weighted by Crippen LogP contribution is 2.53. The van der Waals surface area contributed by atoms with Gasteiger partial charge in [-0.3, -0.25) is 0 Å². The van der Waals surface area contributed by atoms with Crippen LogP contribution < -0.4 is 4.74 Å². The summed E-state index contributed by atoms with van der Waals surface area (Å²) in [6, 6.07) is 9.93. The van der Waals surface area contributed by atoms with Crippen molar-refractivity contribution >= 4 is 29.5 Å². The van der Waals surface area contributed by atoms with Crippen LogP contribution in [-0.4, -0.2) is 60.0 Å². The molecule has 0 aliphatic carbocycles. The van der Waals surface area contributed by atoms with Gasteiger partial charge in [0.1, 0.15) is 11.4 Å². The van der Waals surface area contributed by atoms with Crippen LogP contribution in [0.1, 0.15) is 51.2 Å². The quantitative estimate of drug-likeness (QED) is 0.368. The number of ether oxygens (including phenoxy) is 3. The van der Waals surface area contributed by atoms with Crippen LogP contribution in [-0.2, 0) is 21.3 Å². The molecule has 2 aromatic carbocycles. The van der Waals surface area contributed by atoms with Crippen molar-refractivity contribution in [1.29, 1.82) is 0 Å². The van der Waals surface area contributed by atoms with Gasteiger partial charge < -0.3 is 19.1 Å². The number of nitrogens with zero attached hydrogens (tertiary/aromatic N) is 1. The van der Waals surface area contributed by atoms with Gasteiger partial charge in [0, 0.05) is 46.9 Å². The summed E-state index contributed by atoms with van der Waals surface area (Å²) in [6.45, 7) is 7.70. The minimum atomic E-state index is -0.651. The SMILES string of the molecule is CC(C)(C)OC(=O)N1CC[C@@H](SCC[C@@H]2OCC[C@@]3(Cc4ccc(Cl)cc4)c4c(F)ccc(F)c4OC[C@@H]23)C1. The van der Waals surface area contributed by atoms with Gasteiger partial charge in [-0.1, -0.05) is 23.7 Å². The Balaban J connectivity index is 1.30. The minimum Gasteiger partial charge on any atom is -0.490 e. The first-order valence-corrected chi connectivity index (χ1v) is 15.1. The Labute approximate surface area is 238 Å². The number of hydrogen-bond acceptors (Lipinski definition) is 5. The molecule has 3 aliphatic rings. The third kappa shape index (κ3) is 6.18. The topological polar surface area (TPSA) is 48.0 Å². The molecule has 0 radical (unpaired) electrons. The van der Waals surface area contributed by atoms with E-state index in [2.05, 4.69) is 0 Å². The lowest BCUT2D eigenvalue weighted by Crippen LogP contribution is -2.55. The number of fused-ring (bicyclic) bond motifs is 3. The summed E-state index contributed by atoms with van der Waals surface area (Å²) in [5, 5.41) is 0.964. The number of hydrogen-bond donors (Lipinski definition) is 0. The highest BCUT2D eigenvalue weighted by molar-refractivity contribution is 7.99. The third-order valence-electron chi connectivity index (χ3n) is 7.99. The average Bonchev–Trinajstić information content (AvgIpc) is 3.35. The summed E-state index contributed by atoms with van der Waals surface area (Å²) in [5.74, 6) is -0.233. The number of halogens is 3. The molecule has 3 heterocycles. The van der Waals surface area contributed by atoms with Crippen LogP contribution in [0.3, 0.4) is 0 Å². The first-order valence-electron chi connectivity index (χ1n) is 13.6. The van der Waals surface area contributed by atoms with Crippen molar-refractivity contribution in [2.75, 3.05) is 32.1 Å². The Morgan fingerprint density at radius 2 is 1.92 bits per heavy atom. The van der Waals surface area contributed by atoms with Crippen LogP contribution in [0.2, 0.25) is 5.02 Å². The number of carbonyl (C=O) groups is 1. The van der Waals surface area contributed by atoms with Gasteiger partial charge in [-0.15, -0.1) is 0 Å². The zero-order valence-corrected chi connectivity index (χ0v) is 24.3. The number of carbonyl (C=O) groups excluding carboxylic acids is 1. The maximum Gasteiger partial charge on any atom is 0.410 e. The summed E-state index contributed by atoms with van der Waals surface area (Å²) in [5.41, 5.74) is 0.187. The normalized spacial score (nSPS) is 26.5. The third-order valence-corrected chi connectivity index (χ3v) is 9.57. The van der Waals surface area contributed by atoms with E-state index in [0.29, 0.717) is 48.4 Å². The molecule has 39 heavy (non-hydrogen) atoms. The summed E-state index contributed by atoms with van der Waals surface area (Å²) in [6.07, 6.45) is 2.38.